The Morgan fingerprint density at radius 3 is 2.70 bits per heavy atom. The summed E-state index contributed by atoms with van der Waals surface area (Å²) < 4.78 is 1.51. The molecule has 0 N–H and O–H groups in total. The number of hydrogen-bond acceptors (Lipinski definition) is 6. The molecule has 9 heteroatoms. The lowest BCUT2D eigenvalue weighted by Gasteiger charge is -2.03. The van der Waals surface area contributed by atoms with Crippen molar-refractivity contribution in [3.8, 4) is 5.95 Å². The van der Waals surface area contributed by atoms with Crippen molar-refractivity contribution in [3.05, 3.63) is 47.1 Å². The lowest BCUT2D eigenvalue weighted by molar-refractivity contribution is 0.758. The van der Waals surface area contributed by atoms with Crippen LogP contribution in [-0.4, -0.2) is 29.7 Å². The van der Waals surface area contributed by atoms with E-state index in [0.29, 0.717) is 21.2 Å². The minimum atomic E-state index is 0.0990. The van der Waals surface area contributed by atoms with E-state index >= 15 is 0 Å². The van der Waals surface area contributed by atoms with Gasteiger partial charge in [-0.1, -0.05) is 11.6 Å². The molecule has 0 aliphatic heterocycles. The summed E-state index contributed by atoms with van der Waals surface area (Å²) in [6.45, 7) is 0. The molecule has 100 valence electrons. The van der Waals surface area contributed by atoms with Gasteiger partial charge in [0.15, 0.2) is 5.16 Å². The first kappa shape index (κ1) is 13.3. The highest BCUT2D eigenvalue weighted by Gasteiger charge is 2.09. The molecule has 3 rings (SSSR count). The quantitative estimate of drug-likeness (QED) is 0.737. The Balaban J connectivity index is 1.92. The van der Waals surface area contributed by atoms with Crippen LogP contribution in [0, 0.1) is 0 Å². The first-order valence-electron chi connectivity index (χ1n) is 5.42. The molecule has 3 aromatic rings. The van der Waals surface area contributed by atoms with Gasteiger partial charge in [0.05, 0.1) is 5.02 Å². The van der Waals surface area contributed by atoms with Gasteiger partial charge in [-0.2, -0.15) is 20.1 Å². The van der Waals surface area contributed by atoms with Gasteiger partial charge in [-0.15, -0.1) is 0 Å². The summed E-state index contributed by atoms with van der Waals surface area (Å²) in [5, 5.41) is 5.87. The lowest BCUT2D eigenvalue weighted by atomic mass is 10.5. The molecule has 0 aliphatic rings. The van der Waals surface area contributed by atoms with Gasteiger partial charge in [0.1, 0.15) is 5.03 Å². The van der Waals surface area contributed by atoms with Gasteiger partial charge in [-0.05, 0) is 41.6 Å². The normalized spacial score (nSPS) is 10.7. The fraction of sp³-hybridized carbons (Fsp3) is 0. The predicted molar refractivity (Wildman–Crippen MR) is 75.3 cm³/mol. The summed E-state index contributed by atoms with van der Waals surface area (Å²) in [5.41, 5.74) is 0. The standard InChI is InChI=1S/C11H6Cl2N6S/c12-7-2-3-8(14-6-7)20-11-17-9(13)16-10(18-11)19-5-1-4-15-19/h1-6H. The van der Waals surface area contributed by atoms with Crippen LogP contribution in [0.15, 0.2) is 47.0 Å². The molecule has 3 heterocycles. The van der Waals surface area contributed by atoms with Crippen molar-refractivity contribution in [2.24, 2.45) is 0 Å². The number of halogens is 2. The molecular weight excluding hydrogens is 319 g/mol. The van der Waals surface area contributed by atoms with Crippen LogP contribution in [0.2, 0.25) is 10.3 Å². The van der Waals surface area contributed by atoms with Gasteiger partial charge in [0.2, 0.25) is 5.28 Å². The van der Waals surface area contributed by atoms with Gasteiger partial charge < -0.3 is 0 Å². The van der Waals surface area contributed by atoms with E-state index in [-0.39, 0.29) is 5.28 Å². The highest BCUT2D eigenvalue weighted by atomic mass is 35.5. The summed E-state index contributed by atoms with van der Waals surface area (Å²) in [6.07, 6.45) is 4.91. The maximum absolute atomic E-state index is 5.90. The van der Waals surface area contributed by atoms with Crippen molar-refractivity contribution in [2.45, 2.75) is 10.2 Å². The van der Waals surface area contributed by atoms with E-state index in [1.807, 2.05) is 0 Å². The Morgan fingerprint density at radius 2 is 2.00 bits per heavy atom. The third kappa shape index (κ3) is 3.06. The van der Waals surface area contributed by atoms with Crippen LogP contribution in [0.1, 0.15) is 0 Å². The smallest absolute Gasteiger partial charge is 0.248 e. The summed E-state index contributed by atoms with van der Waals surface area (Å²) in [5.74, 6) is 0.353. The fourth-order valence-electron chi connectivity index (χ4n) is 1.37. The molecule has 0 aromatic carbocycles. The van der Waals surface area contributed by atoms with E-state index in [2.05, 4.69) is 25.0 Å². The molecule has 0 saturated carbocycles. The van der Waals surface area contributed by atoms with Crippen LogP contribution in [-0.2, 0) is 0 Å². The van der Waals surface area contributed by atoms with Crippen molar-refractivity contribution < 1.29 is 0 Å². The second-order valence-corrected chi connectivity index (χ2v) is 5.32. The van der Waals surface area contributed by atoms with E-state index in [4.69, 9.17) is 23.2 Å². The van der Waals surface area contributed by atoms with E-state index in [1.165, 1.54) is 16.4 Å². The summed E-state index contributed by atoms with van der Waals surface area (Å²) in [7, 11) is 0. The topological polar surface area (TPSA) is 69.4 Å². The SMILES string of the molecule is Clc1ccc(Sc2nc(Cl)nc(-n3cccn3)n2)nc1. The van der Waals surface area contributed by atoms with E-state index < -0.39 is 0 Å². The Morgan fingerprint density at radius 1 is 1.10 bits per heavy atom. The first-order chi connectivity index (χ1) is 9.70. The molecular formula is C11H6Cl2N6S. The molecule has 0 saturated heterocycles. The van der Waals surface area contributed by atoms with Gasteiger partial charge in [-0.3, -0.25) is 0 Å². The fourth-order valence-corrected chi connectivity index (χ4v) is 2.38. The zero-order valence-corrected chi connectivity index (χ0v) is 12.1. The molecule has 20 heavy (non-hydrogen) atoms. The Hall–Kier alpha value is -1.70. The molecule has 0 aliphatic carbocycles. The molecule has 0 fully saturated rings. The second-order valence-electron chi connectivity index (χ2n) is 3.55. The highest BCUT2D eigenvalue weighted by Crippen LogP contribution is 2.24. The molecule has 0 unspecified atom stereocenters. The lowest BCUT2D eigenvalue weighted by Crippen LogP contribution is -2.04. The number of pyridine rings is 1. The van der Waals surface area contributed by atoms with Gasteiger partial charge in [0, 0.05) is 18.6 Å². The Labute approximate surface area is 128 Å². The van der Waals surface area contributed by atoms with E-state index in [0.717, 1.165) is 0 Å². The molecule has 0 amide bonds. The maximum Gasteiger partial charge on any atom is 0.255 e. The average Bonchev–Trinajstić information content (AvgIpc) is 2.95. The molecule has 0 atom stereocenters. The minimum absolute atomic E-state index is 0.0990. The maximum atomic E-state index is 5.90. The largest absolute Gasteiger partial charge is 0.255 e. The van der Waals surface area contributed by atoms with Crippen molar-refractivity contribution in [1.29, 1.82) is 0 Å². The van der Waals surface area contributed by atoms with Crippen molar-refractivity contribution in [2.75, 3.05) is 0 Å². The Kier molecular flexibility index (Phi) is 3.81. The van der Waals surface area contributed by atoms with Crippen LogP contribution in [0.5, 0.6) is 0 Å². The van der Waals surface area contributed by atoms with E-state index in [1.54, 1.807) is 36.8 Å². The molecule has 3 aromatic heterocycles. The number of rotatable bonds is 3. The van der Waals surface area contributed by atoms with Gasteiger partial charge in [0.25, 0.3) is 5.95 Å². The highest BCUT2D eigenvalue weighted by molar-refractivity contribution is 7.99. The van der Waals surface area contributed by atoms with Crippen molar-refractivity contribution in [3.63, 3.8) is 0 Å². The average molecular weight is 325 g/mol. The number of nitrogens with zero attached hydrogens (tertiary/aromatic N) is 6. The van der Waals surface area contributed by atoms with Gasteiger partial charge >= 0.3 is 0 Å². The monoisotopic (exact) mass is 324 g/mol. The summed E-state index contributed by atoms with van der Waals surface area (Å²) in [4.78, 5) is 16.5. The third-order valence-corrected chi connectivity index (χ3v) is 3.39. The van der Waals surface area contributed by atoms with Crippen LogP contribution in [0.3, 0.4) is 0 Å². The summed E-state index contributed by atoms with van der Waals surface area (Å²) >= 11 is 13.0. The molecule has 0 spiro atoms. The zero-order valence-electron chi connectivity index (χ0n) is 9.81. The van der Waals surface area contributed by atoms with Gasteiger partial charge in [-0.25, -0.2) is 9.67 Å². The van der Waals surface area contributed by atoms with Crippen LogP contribution >= 0.6 is 35.0 Å². The molecule has 6 nitrogen and oxygen atoms in total. The van der Waals surface area contributed by atoms with Crippen LogP contribution in [0.4, 0.5) is 0 Å². The minimum Gasteiger partial charge on any atom is -0.248 e. The molecule has 0 bridgehead atoms. The van der Waals surface area contributed by atoms with Crippen molar-refractivity contribution in [1.82, 2.24) is 29.7 Å². The van der Waals surface area contributed by atoms with Crippen molar-refractivity contribution >= 4 is 35.0 Å². The zero-order chi connectivity index (χ0) is 13.9. The van der Waals surface area contributed by atoms with Crippen LogP contribution in [0.25, 0.3) is 5.95 Å². The molecule has 0 radical (unpaired) electrons. The third-order valence-electron chi connectivity index (χ3n) is 2.18. The number of aromatic nitrogens is 6. The first-order valence-corrected chi connectivity index (χ1v) is 6.99. The number of hydrogen-bond donors (Lipinski definition) is 0. The van der Waals surface area contributed by atoms with Crippen LogP contribution < -0.4 is 0 Å². The predicted octanol–water partition coefficient (Wildman–Crippen LogP) is 2.91. The summed E-state index contributed by atoms with van der Waals surface area (Å²) in [6, 6.07) is 5.29. The second kappa shape index (κ2) is 5.74. The van der Waals surface area contributed by atoms with E-state index in [9.17, 15) is 0 Å². The Bertz CT molecular complexity index is 716.